The lowest BCUT2D eigenvalue weighted by molar-refractivity contribution is -0.117. The minimum Gasteiger partial charge on any atom is -0.378 e. The lowest BCUT2D eigenvalue weighted by atomic mass is 10.2. The molecule has 0 saturated carbocycles. The number of rotatable bonds is 5. The molecule has 1 unspecified atom stereocenters. The highest BCUT2D eigenvalue weighted by atomic mass is 16.5. The number of amides is 1. The number of nitrogens with zero attached hydrogens (tertiary/aromatic N) is 3. The number of aromatic nitrogens is 3. The van der Waals surface area contributed by atoms with E-state index in [2.05, 4.69) is 20.8 Å². The molecule has 1 aliphatic heterocycles. The maximum absolute atomic E-state index is 12.1. The van der Waals surface area contributed by atoms with E-state index < -0.39 is 0 Å². The molecule has 2 N–H and O–H groups in total. The Morgan fingerprint density at radius 1 is 1.41 bits per heavy atom. The summed E-state index contributed by atoms with van der Waals surface area (Å²) in [5, 5.41) is 13.9. The van der Waals surface area contributed by atoms with E-state index in [9.17, 15) is 4.79 Å². The summed E-state index contributed by atoms with van der Waals surface area (Å²) in [6, 6.07) is 10.0. The molecule has 1 atom stereocenters. The lowest BCUT2D eigenvalue weighted by Crippen LogP contribution is -2.43. The third kappa shape index (κ3) is 3.90. The number of carbonyl (C=O) groups excluding carboxylic acids is 1. The van der Waals surface area contributed by atoms with E-state index in [0.29, 0.717) is 32.1 Å². The van der Waals surface area contributed by atoms with Crippen molar-refractivity contribution in [3.05, 3.63) is 42.2 Å². The first-order chi connectivity index (χ1) is 10.8. The number of hydrogen-bond donors (Lipinski definition) is 2. The molecule has 1 amide bonds. The van der Waals surface area contributed by atoms with Crippen molar-refractivity contribution in [2.24, 2.45) is 0 Å². The van der Waals surface area contributed by atoms with Crippen LogP contribution in [-0.2, 0) is 16.1 Å². The summed E-state index contributed by atoms with van der Waals surface area (Å²) >= 11 is 0. The number of hydrogen-bond acceptors (Lipinski definition) is 5. The van der Waals surface area contributed by atoms with Crippen LogP contribution in [0.15, 0.2) is 36.7 Å². The van der Waals surface area contributed by atoms with Crippen molar-refractivity contribution >= 4 is 11.9 Å². The zero-order valence-corrected chi connectivity index (χ0v) is 12.2. The fraction of sp³-hybridized carbons (Fsp3) is 0.400. The highest BCUT2D eigenvalue weighted by Crippen LogP contribution is 2.09. The first-order valence-corrected chi connectivity index (χ1v) is 7.34. The van der Waals surface area contributed by atoms with E-state index in [1.807, 2.05) is 34.9 Å². The number of benzene rings is 1. The maximum atomic E-state index is 12.1. The molecule has 3 rings (SSSR count). The standard InChI is InChI=1S/C15H19N5O2/c21-14(8-13-10-22-7-6-16-13)18-15-19-17-11-20(15)9-12-4-2-1-3-5-12/h1-5,11,13,16H,6-10H2,(H,18,19,21). The van der Waals surface area contributed by atoms with Gasteiger partial charge in [-0.2, -0.15) is 0 Å². The highest BCUT2D eigenvalue weighted by molar-refractivity contribution is 5.89. The molecule has 1 aromatic carbocycles. The summed E-state index contributed by atoms with van der Waals surface area (Å²) in [6.45, 7) is 2.66. The average molecular weight is 301 g/mol. The third-order valence-electron chi connectivity index (χ3n) is 3.49. The van der Waals surface area contributed by atoms with Crippen LogP contribution in [0.3, 0.4) is 0 Å². The van der Waals surface area contributed by atoms with Gasteiger partial charge in [0.05, 0.1) is 19.8 Å². The molecule has 0 bridgehead atoms. The molecule has 7 nitrogen and oxygen atoms in total. The highest BCUT2D eigenvalue weighted by Gasteiger charge is 2.18. The molecule has 0 spiro atoms. The Labute approximate surface area is 128 Å². The number of nitrogens with one attached hydrogen (secondary N) is 2. The number of ether oxygens (including phenoxy) is 1. The number of carbonyl (C=O) groups is 1. The largest absolute Gasteiger partial charge is 0.378 e. The van der Waals surface area contributed by atoms with Gasteiger partial charge in [0.1, 0.15) is 6.33 Å². The van der Waals surface area contributed by atoms with Crippen LogP contribution in [0, 0.1) is 0 Å². The molecule has 1 aliphatic rings. The Kier molecular flexibility index (Phi) is 4.77. The van der Waals surface area contributed by atoms with Crippen molar-refractivity contribution in [3.63, 3.8) is 0 Å². The summed E-state index contributed by atoms with van der Waals surface area (Å²) < 4.78 is 7.16. The fourth-order valence-electron chi connectivity index (χ4n) is 2.40. The van der Waals surface area contributed by atoms with Gasteiger partial charge in [-0.05, 0) is 5.56 Å². The summed E-state index contributed by atoms with van der Waals surface area (Å²) in [5.74, 6) is 0.371. The van der Waals surface area contributed by atoms with Gasteiger partial charge in [0.15, 0.2) is 0 Å². The Morgan fingerprint density at radius 2 is 2.27 bits per heavy atom. The van der Waals surface area contributed by atoms with Crippen molar-refractivity contribution < 1.29 is 9.53 Å². The van der Waals surface area contributed by atoms with Gasteiger partial charge in [-0.25, -0.2) is 0 Å². The summed E-state index contributed by atoms with van der Waals surface area (Å²) in [6.07, 6.45) is 1.97. The Morgan fingerprint density at radius 3 is 3.05 bits per heavy atom. The molecule has 2 aromatic rings. The minimum atomic E-state index is -0.0923. The molecule has 1 aromatic heterocycles. The second-order valence-electron chi connectivity index (χ2n) is 5.25. The second-order valence-corrected chi connectivity index (χ2v) is 5.25. The SMILES string of the molecule is O=C(CC1COCCN1)Nc1nncn1Cc1ccccc1. The molecule has 0 radical (unpaired) electrons. The Hall–Kier alpha value is -2.25. The van der Waals surface area contributed by atoms with Crippen molar-refractivity contribution in [3.8, 4) is 0 Å². The van der Waals surface area contributed by atoms with Crippen LogP contribution >= 0.6 is 0 Å². The first-order valence-electron chi connectivity index (χ1n) is 7.34. The molecule has 22 heavy (non-hydrogen) atoms. The second kappa shape index (κ2) is 7.15. The molecule has 1 saturated heterocycles. The van der Waals surface area contributed by atoms with Crippen molar-refractivity contribution in [2.75, 3.05) is 25.1 Å². The van der Waals surface area contributed by atoms with Gasteiger partial charge in [-0.3, -0.25) is 14.7 Å². The van der Waals surface area contributed by atoms with E-state index in [1.165, 1.54) is 0 Å². The Balaban J connectivity index is 1.58. The number of morpholine rings is 1. The molecule has 116 valence electrons. The topological polar surface area (TPSA) is 81.1 Å². The van der Waals surface area contributed by atoms with E-state index >= 15 is 0 Å². The van der Waals surface area contributed by atoms with Crippen molar-refractivity contribution in [1.82, 2.24) is 20.1 Å². The summed E-state index contributed by atoms with van der Waals surface area (Å²) in [7, 11) is 0. The fourth-order valence-corrected chi connectivity index (χ4v) is 2.40. The van der Waals surface area contributed by atoms with E-state index in [-0.39, 0.29) is 11.9 Å². The zero-order chi connectivity index (χ0) is 15.2. The van der Waals surface area contributed by atoms with Gasteiger partial charge in [0.2, 0.25) is 11.9 Å². The van der Waals surface area contributed by atoms with Gasteiger partial charge in [0.25, 0.3) is 0 Å². The monoisotopic (exact) mass is 301 g/mol. The van der Waals surface area contributed by atoms with Crippen LogP contribution in [0.5, 0.6) is 0 Å². The quantitative estimate of drug-likeness (QED) is 0.847. The van der Waals surface area contributed by atoms with Crippen molar-refractivity contribution in [2.45, 2.75) is 19.0 Å². The average Bonchev–Trinajstić information content (AvgIpc) is 2.96. The molecular formula is C15H19N5O2. The molecule has 7 heteroatoms. The predicted molar refractivity (Wildman–Crippen MR) is 81.4 cm³/mol. The third-order valence-corrected chi connectivity index (χ3v) is 3.49. The minimum absolute atomic E-state index is 0.0549. The lowest BCUT2D eigenvalue weighted by Gasteiger charge is -2.23. The smallest absolute Gasteiger partial charge is 0.231 e. The maximum Gasteiger partial charge on any atom is 0.231 e. The van der Waals surface area contributed by atoms with Gasteiger partial charge in [0, 0.05) is 19.0 Å². The van der Waals surface area contributed by atoms with Crippen molar-refractivity contribution in [1.29, 1.82) is 0 Å². The van der Waals surface area contributed by atoms with Gasteiger partial charge in [-0.1, -0.05) is 30.3 Å². The van der Waals surface area contributed by atoms with E-state index in [0.717, 1.165) is 12.1 Å². The zero-order valence-electron chi connectivity index (χ0n) is 12.2. The van der Waals surface area contributed by atoms with E-state index in [4.69, 9.17) is 4.74 Å². The molecule has 0 aliphatic carbocycles. The van der Waals surface area contributed by atoms with Gasteiger partial charge in [-0.15, -0.1) is 10.2 Å². The summed E-state index contributed by atoms with van der Waals surface area (Å²) in [5.41, 5.74) is 1.13. The van der Waals surface area contributed by atoms with Crippen LogP contribution in [-0.4, -0.2) is 46.5 Å². The van der Waals surface area contributed by atoms with E-state index in [1.54, 1.807) is 6.33 Å². The molecule has 1 fully saturated rings. The summed E-state index contributed by atoms with van der Waals surface area (Å²) in [4.78, 5) is 12.1. The normalized spacial score (nSPS) is 18.1. The van der Waals surface area contributed by atoms with Crippen LogP contribution in [0.1, 0.15) is 12.0 Å². The first kappa shape index (κ1) is 14.7. The predicted octanol–water partition coefficient (Wildman–Crippen LogP) is 0.643. The van der Waals surface area contributed by atoms with Gasteiger partial charge < -0.3 is 10.1 Å². The van der Waals surface area contributed by atoms with Crippen LogP contribution < -0.4 is 10.6 Å². The number of anilines is 1. The van der Waals surface area contributed by atoms with Crippen LogP contribution in [0.25, 0.3) is 0 Å². The molecular weight excluding hydrogens is 282 g/mol. The Bertz CT molecular complexity index is 607. The van der Waals surface area contributed by atoms with Crippen LogP contribution in [0.4, 0.5) is 5.95 Å². The van der Waals surface area contributed by atoms with Crippen LogP contribution in [0.2, 0.25) is 0 Å². The molecule has 2 heterocycles. The van der Waals surface area contributed by atoms with Gasteiger partial charge >= 0.3 is 0 Å².